The van der Waals surface area contributed by atoms with Gasteiger partial charge < -0.3 is 0 Å². The molecule has 4 heteroatoms. The van der Waals surface area contributed by atoms with Crippen LogP contribution in [0.2, 0.25) is 0 Å². The maximum absolute atomic E-state index is 4.76. The quantitative estimate of drug-likeness (QED) is 0.433. The van der Waals surface area contributed by atoms with E-state index in [4.69, 9.17) is 4.98 Å². The molecular formula is C17H13N4+. The zero-order valence-electron chi connectivity index (χ0n) is 11.3. The highest BCUT2D eigenvalue weighted by molar-refractivity contribution is 5.79. The minimum Gasteiger partial charge on any atom is -0.299 e. The summed E-state index contributed by atoms with van der Waals surface area (Å²) >= 11 is 0. The largest absolute Gasteiger partial charge is 0.299 e. The van der Waals surface area contributed by atoms with E-state index in [-0.39, 0.29) is 0 Å². The van der Waals surface area contributed by atoms with Gasteiger partial charge in [-0.25, -0.2) is 9.97 Å². The first-order valence-electron chi connectivity index (χ1n) is 7.05. The molecule has 2 aromatic carbocycles. The van der Waals surface area contributed by atoms with Gasteiger partial charge in [0, 0.05) is 0 Å². The van der Waals surface area contributed by atoms with Crippen molar-refractivity contribution in [2.24, 2.45) is 0 Å². The molecule has 3 heterocycles. The number of hydrogen-bond acceptors (Lipinski definition) is 1. The molecule has 4 nitrogen and oxygen atoms in total. The van der Waals surface area contributed by atoms with Crippen LogP contribution < -0.4 is 4.57 Å². The number of imidazole rings is 2. The van der Waals surface area contributed by atoms with E-state index in [2.05, 4.69) is 69.0 Å². The maximum Gasteiger partial charge on any atom is 0.267 e. The van der Waals surface area contributed by atoms with Crippen LogP contribution in [0, 0.1) is 0 Å². The maximum atomic E-state index is 4.76. The number of para-hydroxylation sites is 4. The fourth-order valence-electron chi connectivity index (χ4n) is 3.12. The minimum absolute atomic E-state index is 0.788. The summed E-state index contributed by atoms with van der Waals surface area (Å²) in [6.07, 6.45) is 5.00. The molecular weight excluding hydrogens is 260 g/mol. The Morgan fingerprint density at radius 1 is 1.05 bits per heavy atom. The Morgan fingerprint density at radius 3 is 2.90 bits per heavy atom. The molecule has 4 aromatic rings. The molecule has 0 unspecified atom stereocenters. The Labute approximate surface area is 121 Å². The number of hydrogen-bond donors (Lipinski definition) is 1. The van der Waals surface area contributed by atoms with Gasteiger partial charge in [0.15, 0.2) is 11.0 Å². The van der Waals surface area contributed by atoms with Crippen molar-refractivity contribution in [1.82, 2.24) is 14.5 Å². The Kier molecular flexibility index (Phi) is 1.98. The Bertz CT molecular complexity index is 938. The van der Waals surface area contributed by atoms with Crippen LogP contribution in [-0.4, -0.2) is 14.5 Å². The normalized spacial score (nSPS) is 13.3. The van der Waals surface area contributed by atoms with Crippen LogP contribution in [0.15, 0.2) is 48.5 Å². The molecule has 0 spiro atoms. The highest BCUT2D eigenvalue weighted by Crippen LogP contribution is 2.21. The van der Waals surface area contributed by atoms with Gasteiger partial charge in [-0.3, -0.25) is 4.57 Å². The minimum atomic E-state index is 0.788. The van der Waals surface area contributed by atoms with Crippen molar-refractivity contribution in [2.75, 3.05) is 0 Å². The van der Waals surface area contributed by atoms with E-state index >= 15 is 0 Å². The third-order valence-electron chi connectivity index (χ3n) is 4.09. The zero-order chi connectivity index (χ0) is 13.8. The Balaban J connectivity index is 1.80. The second-order valence-corrected chi connectivity index (χ2v) is 5.32. The number of fused-ring (bicyclic) bond motifs is 6. The van der Waals surface area contributed by atoms with E-state index in [1.807, 2.05) is 6.07 Å². The highest BCUT2D eigenvalue weighted by atomic mass is 15.1. The Morgan fingerprint density at radius 2 is 1.90 bits per heavy atom. The number of nitrogens with zero attached hydrogens (tertiary/aromatic N) is 3. The van der Waals surface area contributed by atoms with E-state index < -0.39 is 0 Å². The number of nitrogens with one attached hydrogen (secondary N) is 1. The number of aromatic amines is 1. The van der Waals surface area contributed by atoms with Crippen molar-refractivity contribution in [3.05, 3.63) is 60.2 Å². The number of benzene rings is 2. The van der Waals surface area contributed by atoms with Crippen molar-refractivity contribution in [3.8, 4) is 0 Å². The number of H-pyrrole nitrogens is 1. The summed E-state index contributed by atoms with van der Waals surface area (Å²) < 4.78 is 4.38. The third kappa shape index (κ3) is 1.44. The fraction of sp³-hybridized carbons (Fsp3) is 0.0588. The van der Waals surface area contributed by atoms with Crippen LogP contribution in [0.1, 0.15) is 11.6 Å². The molecule has 0 atom stereocenters. The molecule has 0 saturated carbocycles. The zero-order valence-corrected chi connectivity index (χ0v) is 11.3. The molecule has 21 heavy (non-hydrogen) atoms. The molecule has 2 aromatic heterocycles. The second-order valence-electron chi connectivity index (χ2n) is 5.32. The van der Waals surface area contributed by atoms with Gasteiger partial charge in [0.2, 0.25) is 0 Å². The van der Waals surface area contributed by atoms with Crippen LogP contribution in [0.25, 0.3) is 34.5 Å². The lowest BCUT2D eigenvalue weighted by Crippen LogP contribution is -2.29. The first-order valence-corrected chi connectivity index (χ1v) is 7.05. The van der Waals surface area contributed by atoms with Gasteiger partial charge in [0.25, 0.3) is 5.82 Å². The topological polar surface area (TPSA) is 37.5 Å². The van der Waals surface area contributed by atoms with Crippen molar-refractivity contribution < 1.29 is 4.57 Å². The molecule has 0 saturated heterocycles. The predicted octanol–water partition coefficient (Wildman–Crippen LogP) is 2.79. The summed E-state index contributed by atoms with van der Waals surface area (Å²) in [5.74, 6) is 2.21. The average Bonchev–Trinajstić information content (AvgIpc) is 2.98. The monoisotopic (exact) mass is 273 g/mol. The van der Waals surface area contributed by atoms with Gasteiger partial charge >= 0.3 is 0 Å². The lowest BCUT2D eigenvalue weighted by molar-refractivity contribution is -0.546. The van der Waals surface area contributed by atoms with Crippen LogP contribution in [0.5, 0.6) is 0 Å². The number of aromatic nitrogens is 4. The van der Waals surface area contributed by atoms with Gasteiger partial charge in [-0.15, -0.1) is 0 Å². The van der Waals surface area contributed by atoms with Gasteiger partial charge in [0.1, 0.15) is 18.4 Å². The first-order chi connectivity index (χ1) is 10.4. The van der Waals surface area contributed by atoms with Crippen LogP contribution >= 0.6 is 0 Å². The van der Waals surface area contributed by atoms with E-state index in [9.17, 15) is 0 Å². The van der Waals surface area contributed by atoms with E-state index in [0.29, 0.717) is 0 Å². The molecule has 0 radical (unpaired) electrons. The van der Waals surface area contributed by atoms with Gasteiger partial charge in [-0.2, -0.15) is 4.57 Å². The molecule has 0 amide bonds. The third-order valence-corrected chi connectivity index (χ3v) is 4.09. The lowest BCUT2D eigenvalue weighted by atomic mass is 10.3. The average molecular weight is 273 g/mol. The highest BCUT2D eigenvalue weighted by Gasteiger charge is 2.22. The van der Waals surface area contributed by atoms with Crippen molar-refractivity contribution in [2.45, 2.75) is 6.42 Å². The van der Waals surface area contributed by atoms with E-state index in [1.54, 1.807) is 0 Å². The van der Waals surface area contributed by atoms with Gasteiger partial charge in [-0.1, -0.05) is 24.3 Å². The smallest absolute Gasteiger partial charge is 0.267 e. The Hall–Kier alpha value is -2.88. The second kappa shape index (κ2) is 3.82. The molecule has 0 fully saturated rings. The summed E-state index contributed by atoms with van der Waals surface area (Å²) in [6.45, 7) is 0. The number of rotatable bonds is 0. The van der Waals surface area contributed by atoms with Gasteiger partial charge in [0.05, 0.1) is 17.2 Å². The predicted molar refractivity (Wildman–Crippen MR) is 82.6 cm³/mol. The van der Waals surface area contributed by atoms with Crippen LogP contribution in [-0.2, 0) is 6.42 Å². The summed E-state index contributed by atoms with van der Waals surface area (Å²) in [6, 6.07) is 16.6. The van der Waals surface area contributed by atoms with Crippen LogP contribution in [0.3, 0.4) is 0 Å². The fourth-order valence-corrected chi connectivity index (χ4v) is 3.12. The molecule has 1 aliphatic rings. The van der Waals surface area contributed by atoms with Gasteiger partial charge in [-0.05, 0) is 24.3 Å². The van der Waals surface area contributed by atoms with E-state index in [0.717, 1.165) is 34.6 Å². The van der Waals surface area contributed by atoms with Crippen LogP contribution in [0.4, 0.5) is 0 Å². The SMILES string of the molecule is C1=C[n+]2c([nH]c3ccccc32)Cc2nc3ccccc3n21. The van der Waals surface area contributed by atoms with Crippen molar-refractivity contribution in [3.63, 3.8) is 0 Å². The standard InChI is InChI=1S/C17H12N4/c1-3-7-14-12(5-1)18-16-11-17-19-13-6-2-4-8-15(13)21(17)10-9-20(14)16/h1-10H,11H2/p+1. The summed E-state index contributed by atoms with van der Waals surface area (Å²) in [5, 5.41) is 0. The molecule has 0 bridgehead atoms. The summed E-state index contributed by atoms with van der Waals surface area (Å²) in [7, 11) is 0. The summed E-state index contributed by atoms with van der Waals surface area (Å²) in [5.41, 5.74) is 4.54. The lowest BCUT2D eigenvalue weighted by Gasteiger charge is -1.96. The summed E-state index contributed by atoms with van der Waals surface area (Å²) in [4.78, 5) is 8.26. The first kappa shape index (κ1) is 10.9. The molecule has 100 valence electrons. The molecule has 0 aliphatic carbocycles. The van der Waals surface area contributed by atoms with Crippen molar-refractivity contribution in [1.29, 1.82) is 0 Å². The van der Waals surface area contributed by atoms with E-state index in [1.165, 1.54) is 5.52 Å². The molecule has 1 aliphatic heterocycles. The molecule has 1 N–H and O–H groups in total. The van der Waals surface area contributed by atoms with Crippen molar-refractivity contribution >= 4 is 34.5 Å². The molecule has 5 rings (SSSR count).